The first-order valence-electron chi connectivity index (χ1n) is 6.59. The van der Waals surface area contributed by atoms with Gasteiger partial charge in [0.15, 0.2) is 0 Å². The van der Waals surface area contributed by atoms with E-state index < -0.39 is 0 Å². The molecule has 1 fully saturated rings. The number of nitrogens with zero attached hydrogens (tertiary/aromatic N) is 1. The third-order valence-corrected chi connectivity index (χ3v) is 3.64. The molecular formula is C14H20N2O3. The molecule has 0 aromatic carbocycles. The van der Waals surface area contributed by atoms with Crippen LogP contribution in [0, 0.1) is 12.8 Å². The second-order valence-electron chi connectivity index (χ2n) is 5.13. The first-order chi connectivity index (χ1) is 8.99. The highest BCUT2D eigenvalue weighted by Crippen LogP contribution is 2.22. The van der Waals surface area contributed by atoms with Crippen LogP contribution in [0.25, 0.3) is 0 Å². The van der Waals surface area contributed by atoms with Crippen molar-refractivity contribution >= 4 is 11.6 Å². The Kier molecular flexibility index (Phi) is 4.04. The predicted molar refractivity (Wildman–Crippen MR) is 73.2 cm³/mol. The highest BCUT2D eigenvalue weighted by molar-refractivity contribution is 5.93. The monoisotopic (exact) mass is 264 g/mol. The van der Waals surface area contributed by atoms with Crippen molar-refractivity contribution in [2.75, 3.05) is 11.9 Å². The van der Waals surface area contributed by atoms with Gasteiger partial charge in [0.05, 0.1) is 17.7 Å². The molecule has 2 heterocycles. The van der Waals surface area contributed by atoms with Crippen LogP contribution in [0.4, 0.5) is 5.69 Å². The van der Waals surface area contributed by atoms with Crippen LogP contribution in [-0.4, -0.2) is 23.2 Å². The van der Waals surface area contributed by atoms with Crippen LogP contribution < -0.4 is 10.9 Å². The third-order valence-electron chi connectivity index (χ3n) is 3.64. The lowest BCUT2D eigenvalue weighted by Crippen LogP contribution is -2.36. The van der Waals surface area contributed by atoms with Gasteiger partial charge in [0.1, 0.15) is 0 Å². The van der Waals surface area contributed by atoms with E-state index in [-0.39, 0.29) is 23.5 Å². The van der Waals surface area contributed by atoms with Crippen LogP contribution in [0.5, 0.6) is 0 Å². The number of nitrogens with one attached hydrogen (secondary N) is 1. The van der Waals surface area contributed by atoms with E-state index in [1.54, 1.807) is 13.2 Å². The lowest BCUT2D eigenvalue weighted by atomic mass is 9.94. The summed E-state index contributed by atoms with van der Waals surface area (Å²) in [5, 5.41) is 2.90. The quantitative estimate of drug-likeness (QED) is 0.879. The topological polar surface area (TPSA) is 60.3 Å². The minimum absolute atomic E-state index is 0.0334. The summed E-state index contributed by atoms with van der Waals surface area (Å²) in [6.45, 7) is 4.47. The molecule has 1 aliphatic heterocycles. The number of hydrogen-bond donors (Lipinski definition) is 1. The van der Waals surface area contributed by atoms with Gasteiger partial charge in [0.2, 0.25) is 5.91 Å². The molecule has 0 radical (unpaired) electrons. The Balaban J connectivity index is 2.14. The summed E-state index contributed by atoms with van der Waals surface area (Å²) in [6, 6.07) is 1.52. The van der Waals surface area contributed by atoms with Gasteiger partial charge in [-0.3, -0.25) is 9.59 Å². The number of anilines is 1. The largest absolute Gasteiger partial charge is 0.378 e. The molecule has 1 aromatic heterocycles. The van der Waals surface area contributed by atoms with Crippen molar-refractivity contribution < 1.29 is 9.53 Å². The van der Waals surface area contributed by atoms with Gasteiger partial charge in [-0.25, -0.2) is 0 Å². The van der Waals surface area contributed by atoms with Crippen molar-refractivity contribution in [2.24, 2.45) is 13.0 Å². The summed E-state index contributed by atoms with van der Waals surface area (Å²) in [7, 11) is 1.67. The molecule has 2 rings (SSSR count). The van der Waals surface area contributed by atoms with Crippen molar-refractivity contribution in [1.29, 1.82) is 0 Å². The van der Waals surface area contributed by atoms with Crippen LogP contribution in [0.2, 0.25) is 0 Å². The van der Waals surface area contributed by atoms with Crippen molar-refractivity contribution in [1.82, 2.24) is 4.57 Å². The minimum atomic E-state index is -0.120. The molecule has 0 spiro atoms. The Bertz CT molecular complexity index is 536. The summed E-state index contributed by atoms with van der Waals surface area (Å²) in [4.78, 5) is 23.7. The number of carbonyl (C=O) groups is 1. The number of rotatable bonds is 2. The Morgan fingerprint density at radius 2 is 2.26 bits per heavy atom. The second-order valence-corrected chi connectivity index (χ2v) is 5.13. The Morgan fingerprint density at radius 1 is 1.53 bits per heavy atom. The van der Waals surface area contributed by atoms with Crippen molar-refractivity contribution in [3.63, 3.8) is 0 Å². The van der Waals surface area contributed by atoms with Gasteiger partial charge in [0.25, 0.3) is 5.56 Å². The highest BCUT2D eigenvalue weighted by Gasteiger charge is 2.28. The zero-order valence-corrected chi connectivity index (χ0v) is 11.6. The zero-order valence-electron chi connectivity index (χ0n) is 11.6. The van der Waals surface area contributed by atoms with E-state index in [0.717, 1.165) is 25.0 Å². The van der Waals surface area contributed by atoms with E-state index >= 15 is 0 Å². The fraction of sp³-hybridized carbons (Fsp3) is 0.571. The molecule has 5 nitrogen and oxygen atoms in total. The Hall–Kier alpha value is -1.62. The third kappa shape index (κ3) is 3.04. The number of carbonyl (C=O) groups excluding carboxylic acids is 1. The van der Waals surface area contributed by atoms with Crippen LogP contribution in [0.15, 0.2) is 17.1 Å². The molecule has 19 heavy (non-hydrogen) atoms. The van der Waals surface area contributed by atoms with E-state index in [0.29, 0.717) is 5.69 Å². The van der Waals surface area contributed by atoms with Gasteiger partial charge in [-0.15, -0.1) is 0 Å². The van der Waals surface area contributed by atoms with Crippen molar-refractivity contribution in [3.05, 3.63) is 28.2 Å². The van der Waals surface area contributed by atoms with Crippen LogP contribution in [-0.2, 0) is 16.6 Å². The maximum Gasteiger partial charge on any atom is 0.250 e. The summed E-state index contributed by atoms with van der Waals surface area (Å²) in [5.74, 6) is -0.153. The number of amides is 1. The lowest BCUT2D eigenvalue weighted by molar-refractivity contribution is -0.127. The molecule has 0 aliphatic carbocycles. The van der Waals surface area contributed by atoms with Gasteiger partial charge in [-0.1, -0.05) is 0 Å². The Labute approximate surface area is 112 Å². The fourth-order valence-corrected chi connectivity index (χ4v) is 2.35. The SMILES string of the molecule is Cc1cc(=O)n(C)cc1NC(=O)[C@@H]1CCCO[C@@H]1C. The van der Waals surface area contributed by atoms with Crippen LogP contribution >= 0.6 is 0 Å². The zero-order chi connectivity index (χ0) is 14.0. The van der Waals surface area contributed by atoms with Gasteiger partial charge in [0, 0.05) is 25.9 Å². The van der Waals surface area contributed by atoms with Crippen molar-refractivity contribution in [3.8, 4) is 0 Å². The molecule has 0 saturated carbocycles. The lowest BCUT2D eigenvalue weighted by Gasteiger charge is -2.28. The molecular weight excluding hydrogens is 244 g/mol. The fourth-order valence-electron chi connectivity index (χ4n) is 2.35. The first-order valence-corrected chi connectivity index (χ1v) is 6.59. The molecule has 0 bridgehead atoms. The van der Waals surface area contributed by atoms with E-state index in [4.69, 9.17) is 4.74 Å². The van der Waals surface area contributed by atoms with E-state index in [1.807, 2.05) is 13.8 Å². The smallest absolute Gasteiger partial charge is 0.250 e. The van der Waals surface area contributed by atoms with Crippen molar-refractivity contribution in [2.45, 2.75) is 32.8 Å². The molecule has 2 atom stereocenters. The number of ether oxygens (including phenoxy) is 1. The molecule has 1 N–H and O–H groups in total. The number of aromatic nitrogens is 1. The summed E-state index contributed by atoms with van der Waals surface area (Å²) in [5.41, 5.74) is 1.38. The molecule has 1 aromatic rings. The van der Waals surface area contributed by atoms with Crippen LogP contribution in [0.1, 0.15) is 25.3 Å². The van der Waals surface area contributed by atoms with Crippen LogP contribution in [0.3, 0.4) is 0 Å². The highest BCUT2D eigenvalue weighted by atomic mass is 16.5. The maximum absolute atomic E-state index is 12.2. The molecule has 0 unspecified atom stereocenters. The molecule has 1 saturated heterocycles. The normalized spacial score (nSPS) is 23.1. The molecule has 5 heteroatoms. The maximum atomic E-state index is 12.2. The average Bonchev–Trinajstić information content (AvgIpc) is 2.36. The summed E-state index contributed by atoms with van der Waals surface area (Å²) in [6.07, 6.45) is 3.36. The molecule has 104 valence electrons. The number of pyridine rings is 1. The first kappa shape index (κ1) is 13.8. The molecule has 1 amide bonds. The second kappa shape index (κ2) is 5.57. The number of aryl methyl sites for hydroxylation is 2. The van der Waals surface area contributed by atoms with E-state index in [9.17, 15) is 9.59 Å². The summed E-state index contributed by atoms with van der Waals surface area (Å²) >= 11 is 0. The van der Waals surface area contributed by atoms with E-state index in [2.05, 4.69) is 5.32 Å². The Morgan fingerprint density at radius 3 is 2.95 bits per heavy atom. The van der Waals surface area contributed by atoms with E-state index in [1.165, 1.54) is 10.6 Å². The standard InChI is InChI=1S/C14H20N2O3/c1-9-7-13(17)16(3)8-12(9)15-14(18)11-5-4-6-19-10(11)2/h7-8,10-11H,4-6H2,1-3H3,(H,15,18)/t10-,11-/m1/s1. The van der Waals surface area contributed by atoms with Gasteiger partial charge < -0.3 is 14.6 Å². The van der Waals surface area contributed by atoms with Gasteiger partial charge in [-0.2, -0.15) is 0 Å². The average molecular weight is 264 g/mol. The van der Waals surface area contributed by atoms with Gasteiger partial charge in [-0.05, 0) is 32.3 Å². The molecule has 1 aliphatic rings. The number of hydrogen-bond acceptors (Lipinski definition) is 3. The minimum Gasteiger partial charge on any atom is -0.378 e. The predicted octanol–water partition coefficient (Wildman–Crippen LogP) is 1.45. The van der Waals surface area contributed by atoms with Gasteiger partial charge >= 0.3 is 0 Å². The summed E-state index contributed by atoms with van der Waals surface area (Å²) < 4.78 is 6.97.